The van der Waals surface area contributed by atoms with Crippen LogP contribution in [0.1, 0.15) is 23.1 Å². The monoisotopic (exact) mass is 441 g/mol. The van der Waals surface area contributed by atoms with Crippen molar-refractivity contribution in [3.05, 3.63) is 65.2 Å². The third-order valence-corrected chi connectivity index (χ3v) is 5.87. The Morgan fingerprint density at radius 1 is 0.781 bits per heavy atom. The molecule has 32 heavy (non-hydrogen) atoms. The lowest BCUT2D eigenvalue weighted by Crippen LogP contribution is -2.64. The summed E-state index contributed by atoms with van der Waals surface area (Å²) in [6.45, 7) is 0. The lowest BCUT2D eigenvalue weighted by Gasteiger charge is -2.48. The van der Waals surface area contributed by atoms with Crippen molar-refractivity contribution < 1.29 is 40.5 Å². The van der Waals surface area contributed by atoms with Gasteiger partial charge in [-0.15, -0.1) is 0 Å². The quantitative estimate of drug-likeness (QED) is 0.281. The highest BCUT2D eigenvalue weighted by molar-refractivity contribution is 5.54. The van der Waals surface area contributed by atoms with E-state index < -0.39 is 17.1 Å². The molecule has 0 saturated heterocycles. The van der Waals surface area contributed by atoms with Crippen molar-refractivity contribution >= 4 is 0 Å². The summed E-state index contributed by atoms with van der Waals surface area (Å²) in [4.78, 5) is 0. The minimum atomic E-state index is -1.94. The number of aromatic hydroxyl groups is 6. The lowest BCUT2D eigenvalue weighted by atomic mass is 9.74. The molecule has 0 bridgehead atoms. The fourth-order valence-corrected chi connectivity index (χ4v) is 4.01. The summed E-state index contributed by atoms with van der Waals surface area (Å²) in [5.41, 5.74) is 3.82. The molecular formula is C23H23NO8. The smallest absolute Gasteiger partial charge is 0.214 e. The van der Waals surface area contributed by atoms with Crippen molar-refractivity contribution in [3.8, 4) is 40.2 Å². The average molecular weight is 441 g/mol. The van der Waals surface area contributed by atoms with E-state index in [2.05, 4.69) is 0 Å². The van der Waals surface area contributed by atoms with E-state index in [9.17, 15) is 35.7 Å². The number of aryl methyl sites for hydroxylation is 1. The number of rotatable bonds is 4. The molecule has 0 spiro atoms. The first-order valence-corrected chi connectivity index (χ1v) is 9.81. The Morgan fingerprint density at radius 2 is 1.44 bits per heavy atom. The lowest BCUT2D eigenvalue weighted by molar-refractivity contribution is -0.155. The van der Waals surface area contributed by atoms with Crippen molar-refractivity contribution in [3.63, 3.8) is 0 Å². The fourth-order valence-electron chi connectivity index (χ4n) is 4.01. The molecule has 4 rings (SSSR count). The summed E-state index contributed by atoms with van der Waals surface area (Å²) < 4.78 is 5.93. The van der Waals surface area contributed by atoms with Crippen LogP contribution < -0.4 is 10.5 Å². The number of phenolic OH excluding ortho intramolecular Hbond substituents is 6. The Labute approximate surface area is 182 Å². The SMILES string of the molecule is NC1(c2ccc(O)c(O)c2)Oc2cc(O)cc(O)c2C[C@]1(O)CCc1ccc(O)c(O)c1. The van der Waals surface area contributed by atoms with E-state index in [1.807, 2.05) is 0 Å². The number of ether oxygens (including phenoxy) is 1. The molecule has 1 unspecified atom stereocenters. The first-order valence-electron chi connectivity index (χ1n) is 9.81. The van der Waals surface area contributed by atoms with Crippen LogP contribution in [0.5, 0.6) is 40.2 Å². The van der Waals surface area contributed by atoms with Crippen molar-refractivity contribution in [1.29, 1.82) is 0 Å². The summed E-state index contributed by atoms with van der Waals surface area (Å²) in [5, 5.41) is 70.9. The van der Waals surface area contributed by atoms with Crippen LogP contribution in [0.4, 0.5) is 0 Å². The van der Waals surface area contributed by atoms with Crippen LogP contribution in [0.25, 0.3) is 0 Å². The van der Waals surface area contributed by atoms with Crippen molar-refractivity contribution in [2.75, 3.05) is 0 Å². The largest absolute Gasteiger partial charge is 0.508 e. The van der Waals surface area contributed by atoms with Crippen LogP contribution in [0.3, 0.4) is 0 Å². The number of phenols is 6. The molecule has 3 aromatic rings. The van der Waals surface area contributed by atoms with E-state index in [1.165, 1.54) is 36.4 Å². The second-order valence-electron chi connectivity index (χ2n) is 8.01. The predicted molar refractivity (Wildman–Crippen MR) is 113 cm³/mol. The molecule has 0 saturated carbocycles. The molecule has 2 atom stereocenters. The molecule has 0 radical (unpaired) electrons. The van der Waals surface area contributed by atoms with Gasteiger partial charge in [0.1, 0.15) is 22.8 Å². The highest BCUT2D eigenvalue weighted by Gasteiger charge is 2.55. The van der Waals surface area contributed by atoms with Gasteiger partial charge in [0.05, 0.1) is 0 Å². The highest BCUT2D eigenvalue weighted by Crippen LogP contribution is 2.49. The zero-order valence-electron chi connectivity index (χ0n) is 16.9. The molecule has 9 N–H and O–H groups in total. The van der Waals surface area contributed by atoms with Gasteiger partial charge in [0.25, 0.3) is 0 Å². The van der Waals surface area contributed by atoms with Crippen LogP contribution in [0.15, 0.2) is 48.5 Å². The van der Waals surface area contributed by atoms with E-state index in [4.69, 9.17) is 10.5 Å². The summed E-state index contributed by atoms with van der Waals surface area (Å²) in [5.74, 6) is -1.92. The summed E-state index contributed by atoms with van der Waals surface area (Å²) in [6.07, 6.45) is 0.0522. The molecule has 0 fully saturated rings. The normalized spacial score (nSPS) is 22.2. The van der Waals surface area contributed by atoms with Gasteiger partial charge in [0, 0.05) is 29.7 Å². The van der Waals surface area contributed by atoms with E-state index in [0.29, 0.717) is 5.56 Å². The van der Waals surface area contributed by atoms with E-state index in [-0.39, 0.29) is 64.9 Å². The Bertz CT molecular complexity index is 1200. The molecule has 3 aromatic carbocycles. The number of aliphatic hydroxyl groups is 1. The molecule has 1 aliphatic rings. The first kappa shape index (κ1) is 21.4. The van der Waals surface area contributed by atoms with Gasteiger partial charge in [0.15, 0.2) is 23.0 Å². The topological polar surface area (TPSA) is 177 Å². The van der Waals surface area contributed by atoms with E-state index in [1.54, 1.807) is 6.07 Å². The highest BCUT2D eigenvalue weighted by atomic mass is 16.5. The van der Waals surface area contributed by atoms with Crippen LogP contribution in [-0.4, -0.2) is 41.3 Å². The van der Waals surface area contributed by atoms with Gasteiger partial charge in [-0.3, -0.25) is 5.73 Å². The van der Waals surface area contributed by atoms with Gasteiger partial charge in [0.2, 0.25) is 5.72 Å². The first-order chi connectivity index (χ1) is 15.0. The van der Waals surface area contributed by atoms with E-state index in [0.717, 1.165) is 6.07 Å². The van der Waals surface area contributed by atoms with Crippen molar-refractivity contribution in [2.45, 2.75) is 30.6 Å². The van der Waals surface area contributed by atoms with Crippen LogP contribution in [0, 0.1) is 0 Å². The molecular weight excluding hydrogens is 418 g/mol. The van der Waals surface area contributed by atoms with Gasteiger partial charge < -0.3 is 40.5 Å². The van der Waals surface area contributed by atoms with Gasteiger partial charge in [-0.1, -0.05) is 6.07 Å². The van der Waals surface area contributed by atoms with Crippen molar-refractivity contribution in [1.82, 2.24) is 0 Å². The standard InChI is InChI=1S/C23H23NO8/c24-23(13-2-4-17(27)20(30)8-13)22(31,6-5-12-1-3-16(26)19(29)7-12)11-15-18(28)9-14(25)10-21(15)32-23/h1-4,7-10,25-31H,5-6,11,24H2/t22-,23?/m1/s1. The Kier molecular flexibility index (Phi) is 4.95. The third-order valence-electron chi connectivity index (χ3n) is 5.87. The maximum atomic E-state index is 11.8. The number of fused-ring (bicyclic) bond motifs is 1. The molecule has 9 nitrogen and oxygen atoms in total. The maximum absolute atomic E-state index is 11.8. The van der Waals surface area contributed by atoms with Crippen LogP contribution in [0.2, 0.25) is 0 Å². The fraction of sp³-hybridized carbons (Fsp3) is 0.217. The second kappa shape index (κ2) is 7.40. The number of hydrogen-bond acceptors (Lipinski definition) is 9. The Balaban J connectivity index is 1.79. The van der Waals surface area contributed by atoms with E-state index >= 15 is 0 Å². The minimum absolute atomic E-state index is 0.00485. The molecule has 0 aliphatic carbocycles. The minimum Gasteiger partial charge on any atom is -0.508 e. The summed E-state index contributed by atoms with van der Waals surface area (Å²) in [6, 6.07) is 10.4. The van der Waals surface area contributed by atoms with Crippen molar-refractivity contribution in [2.24, 2.45) is 5.73 Å². The molecule has 1 aliphatic heterocycles. The maximum Gasteiger partial charge on any atom is 0.214 e. The zero-order chi connectivity index (χ0) is 23.3. The van der Waals surface area contributed by atoms with Gasteiger partial charge >= 0.3 is 0 Å². The van der Waals surface area contributed by atoms with Gasteiger partial charge in [-0.05, 0) is 48.7 Å². The molecule has 168 valence electrons. The Morgan fingerprint density at radius 3 is 2.09 bits per heavy atom. The van der Waals surface area contributed by atoms with Crippen LogP contribution >= 0.6 is 0 Å². The second-order valence-corrected chi connectivity index (χ2v) is 8.01. The molecule has 9 heteroatoms. The predicted octanol–water partition coefficient (Wildman–Crippen LogP) is 2.03. The number of nitrogens with two attached hydrogens (primary N) is 1. The number of benzene rings is 3. The molecule has 0 aromatic heterocycles. The van der Waals surface area contributed by atoms with Crippen LogP contribution in [-0.2, 0) is 18.6 Å². The number of hydrogen-bond donors (Lipinski definition) is 8. The third kappa shape index (κ3) is 3.47. The summed E-state index contributed by atoms with van der Waals surface area (Å²) in [7, 11) is 0. The molecule has 0 amide bonds. The van der Waals surface area contributed by atoms with Gasteiger partial charge in [-0.2, -0.15) is 0 Å². The zero-order valence-corrected chi connectivity index (χ0v) is 16.9. The molecule has 1 heterocycles. The summed E-state index contributed by atoms with van der Waals surface area (Å²) >= 11 is 0. The van der Waals surface area contributed by atoms with Gasteiger partial charge in [-0.25, -0.2) is 0 Å². The Hall–Kier alpha value is -3.82. The average Bonchev–Trinajstić information content (AvgIpc) is 2.72.